The molecule has 3 N–H and O–H groups in total. The van der Waals surface area contributed by atoms with Gasteiger partial charge in [0, 0.05) is 25.2 Å². The summed E-state index contributed by atoms with van der Waals surface area (Å²) in [5.41, 5.74) is 7.14. The Kier molecular flexibility index (Phi) is 6.62. The summed E-state index contributed by atoms with van der Waals surface area (Å²) in [7, 11) is 0. The predicted octanol–water partition coefficient (Wildman–Crippen LogP) is 2.74. The summed E-state index contributed by atoms with van der Waals surface area (Å²) in [6.45, 7) is 7.90. The fourth-order valence-electron chi connectivity index (χ4n) is 3.40. The van der Waals surface area contributed by atoms with Crippen LogP contribution in [0.3, 0.4) is 0 Å². The van der Waals surface area contributed by atoms with Gasteiger partial charge in [-0.1, -0.05) is 26.0 Å². The molecule has 0 aliphatic carbocycles. The van der Waals surface area contributed by atoms with Crippen LogP contribution in [0.1, 0.15) is 26.0 Å². The van der Waals surface area contributed by atoms with Crippen molar-refractivity contribution in [3.63, 3.8) is 0 Å². The molecule has 3 rings (SSSR count). The number of hydrogen-bond acceptors (Lipinski definition) is 4. The van der Waals surface area contributed by atoms with E-state index in [4.69, 9.17) is 5.73 Å². The minimum absolute atomic E-state index is 0. The Labute approximate surface area is 165 Å². The molecule has 0 radical (unpaired) electrons. The van der Waals surface area contributed by atoms with Gasteiger partial charge in [0.25, 0.3) is 0 Å². The van der Waals surface area contributed by atoms with Crippen molar-refractivity contribution in [3.8, 4) is 5.69 Å². The lowest BCUT2D eigenvalue weighted by atomic mass is 9.80. The molecule has 2 aromatic rings. The van der Waals surface area contributed by atoms with Crippen molar-refractivity contribution in [3.05, 3.63) is 41.8 Å². The number of nitrogens with zero attached hydrogens (tertiary/aromatic N) is 3. The summed E-state index contributed by atoms with van der Waals surface area (Å²) >= 11 is 0. The average Bonchev–Trinajstić information content (AvgIpc) is 2.91. The number of piperidine rings is 1. The van der Waals surface area contributed by atoms with E-state index in [0.29, 0.717) is 17.2 Å². The van der Waals surface area contributed by atoms with Crippen molar-refractivity contribution in [2.75, 3.05) is 25.0 Å². The first-order valence-electron chi connectivity index (χ1n) is 8.85. The van der Waals surface area contributed by atoms with Crippen LogP contribution in [0.5, 0.6) is 0 Å². The SMILES string of the molecule is Cc1cc(NC(=O)CN2CCC(N)C(C)(C)C2)n(-c2ccccc2F)n1.Cl. The Balaban J connectivity index is 0.00000261. The summed E-state index contributed by atoms with van der Waals surface area (Å²) in [5.74, 6) is -0.0720. The van der Waals surface area contributed by atoms with Crippen molar-refractivity contribution < 1.29 is 9.18 Å². The second kappa shape index (κ2) is 8.37. The average molecular weight is 396 g/mol. The number of benzene rings is 1. The summed E-state index contributed by atoms with van der Waals surface area (Å²) in [5, 5.41) is 7.17. The van der Waals surface area contributed by atoms with Gasteiger partial charge in [0.1, 0.15) is 17.3 Å². The molecule has 27 heavy (non-hydrogen) atoms. The molecule has 1 atom stereocenters. The highest BCUT2D eigenvalue weighted by molar-refractivity contribution is 5.91. The minimum Gasteiger partial charge on any atom is -0.327 e. The van der Waals surface area contributed by atoms with Crippen LogP contribution < -0.4 is 11.1 Å². The Hall–Kier alpha value is -1.96. The summed E-state index contributed by atoms with van der Waals surface area (Å²) in [6, 6.07) is 8.24. The molecular formula is C19H27ClFN5O. The van der Waals surface area contributed by atoms with E-state index in [1.165, 1.54) is 10.7 Å². The topological polar surface area (TPSA) is 76.2 Å². The van der Waals surface area contributed by atoms with Crippen LogP contribution in [0.2, 0.25) is 0 Å². The van der Waals surface area contributed by atoms with E-state index in [-0.39, 0.29) is 36.3 Å². The highest BCUT2D eigenvalue weighted by Crippen LogP contribution is 2.27. The predicted molar refractivity (Wildman–Crippen MR) is 107 cm³/mol. The van der Waals surface area contributed by atoms with E-state index in [0.717, 1.165) is 19.5 Å². The van der Waals surface area contributed by atoms with Crippen LogP contribution in [0.4, 0.5) is 10.2 Å². The molecule has 1 amide bonds. The molecule has 0 spiro atoms. The van der Waals surface area contributed by atoms with Gasteiger partial charge >= 0.3 is 0 Å². The minimum atomic E-state index is -0.391. The van der Waals surface area contributed by atoms with E-state index >= 15 is 0 Å². The van der Waals surface area contributed by atoms with E-state index in [9.17, 15) is 9.18 Å². The smallest absolute Gasteiger partial charge is 0.239 e. The van der Waals surface area contributed by atoms with Gasteiger partial charge in [-0.3, -0.25) is 9.69 Å². The molecule has 1 aliphatic rings. The number of carbonyl (C=O) groups excluding carboxylic acids is 1. The first-order chi connectivity index (χ1) is 12.3. The lowest BCUT2D eigenvalue weighted by Gasteiger charge is -2.42. The highest BCUT2D eigenvalue weighted by Gasteiger charge is 2.34. The van der Waals surface area contributed by atoms with Gasteiger partial charge in [0.15, 0.2) is 0 Å². The lowest BCUT2D eigenvalue weighted by molar-refractivity contribution is -0.118. The van der Waals surface area contributed by atoms with Crippen LogP contribution in [-0.2, 0) is 4.79 Å². The number of carbonyl (C=O) groups is 1. The Bertz CT molecular complexity index is 807. The number of aromatic nitrogens is 2. The number of nitrogens with one attached hydrogen (secondary N) is 1. The second-order valence-corrected chi connectivity index (χ2v) is 7.68. The maximum absolute atomic E-state index is 14.1. The molecule has 1 fully saturated rings. The van der Waals surface area contributed by atoms with E-state index in [2.05, 4.69) is 29.2 Å². The lowest BCUT2D eigenvalue weighted by Crippen LogP contribution is -2.53. The number of halogens is 2. The maximum Gasteiger partial charge on any atom is 0.239 e. The number of anilines is 1. The largest absolute Gasteiger partial charge is 0.327 e. The molecule has 1 aromatic carbocycles. The van der Waals surface area contributed by atoms with Crippen LogP contribution in [-0.4, -0.2) is 46.3 Å². The maximum atomic E-state index is 14.1. The van der Waals surface area contributed by atoms with Gasteiger partial charge in [-0.05, 0) is 30.9 Å². The monoisotopic (exact) mass is 395 g/mol. The van der Waals surface area contributed by atoms with Crippen LogP contribution >= 0.6 is 12.4 Å². The molecule has 6 nitrogen and oxygen atoms in total. The zero-order chi connectivity index (χ0) is 18.9. The number of aryl methyl sites for hydroxylation is 1. The summed E-state index contributed by atoms with van der Waals surface area (Å²) in [6.07, 6.45) is 0.868. The zero-order valence-corrected chi connectivity index (χ0v) is 16.7. The summed E-state index contributed by atoms with van der Waals surface area (Å²) in [4.78, 5) is 14.6. The van der Waals surface area contributed by atoms with Crippen molar-refractivity contribution >= 4 is 24.1 Å². The van der Waals surface area contributed by atoms with Gasteiger partial charge in [-0.15, -0.1) is 12.4 Å². The van der Waals surface area contributed by atoms with Gasteiger partial charge in [0.2, 0.25) is 5.91 Å². The van der Waals surface area contributed by atoms with E-state index < -0.39 is 5.82 Å². The summed E-state index contributed by atoms with van der Waals surface area (Å²) < 4.78 is 15.5. The molecular weight excluding hydrogens is 369 g/mol. The number of likely N-dealkylation sites (tertiary alicyclic amines) is 1. The van der Waals surface area contributed by atoms with Crippen molar-refractivity contribution in [1.82, 2.24) is 14.7 Å². The van der Waals surface area contributed by atoms with Crippen LogP contribution in [0, 0.1) is 18.2 Å². The third-order valence-electron chi connectivity index (χ3n) is 4.94. The number of rotatable bonds is 4. The quantitative estimate of drug-likeness (QED) is 0.834. The van der Waals surface area contributed by atoms with E-state index in [1.54, 1.807) is 24.3 Å². The Morgan fingerprint density at radius 1 is 1.41 bits per heavy atom. The van der Waals surface area contributed by atoms with Crippen molar-refractivity contribution in [1.29, 1.82) is 0 Å². The normalized spacial score (nSPS) is 19.4. The molecule has 2 heterocycles. The Morgan fingerprint density at radius 3 is 2.78 bits per heavy atom. The highest BCUT2D eigenvalue weighted by atomic mass is 35.5. The van der Waals surface area contributed by atoms with Crippen molar-refractivity contribution in [2.45, 2.75) is 33.2 Å². The van der Waals surface area contributed by atoms with Crippen molar-refractivity contribution in [2.24, 2.45) is 11.1 Å². The molecule has 1 aliphatic heterocycles. The van der Waals surface area contributed by atoms with Crippen LogP contribution in [0.15, 0.2) is 30.3 Å². The second-order valence-electron chi connectivity index (χ2n) is 7.68. The number of para-hydroxylation sites is 1. The third-order valence-corrected chi connectivity index (χ3v) is 4.94. The van der Waals surface area contributed by atoms with Gasteiger partial charge in [-0.25, -0.2) is 9.07 Å². The molecule has 0 saturated carbocycles. The molecule has 1 aromatic heterocycles. The first-order valence-corrected chi connectivity index (χ1v) is 8.85. The zero-order valence-electron chi connectivity index (χ0n) is 15.9. The van der Waals surface area contributed by atoms with Gasteiger partial charge in [0.05, 0.1) is 12.2 Å². The number of amides is 1. The number of nitrogens with two attached hydrogens (primary N) is 1. The fraction of sp³-hybridized carbons (Fsp3) is 0.474. The van der Waals surface area contributed by atoms with Crippen LogP contribution in [0.25, 0.3) is 5.69 Å². The number of hydrogen-bond donors (Lipinski definition) is 2. The Morgan fingerprint density at radius 2 is 2.11 bits per heavy atom. The molecule has 1 saturated heterocycles. The first kappa shape index (κ1) is 21.3. The van der Waals surface area contributed by atoms with E-state index in [1.807, 2.05) is 6.92 Å². The molecule has 148 valence electrons. The van der Waals surface area contributed by atoms with Gasteiger partial charge in [-0.2, -0.15) is 5.10 Å². The molecule has 1 unspecified atom stereocenters. The molecule has 8 heteroatoms. The van der Waals surface area contributed by atoms with Gasteiger partial charge < -0.3 is 11.1 Å². The fourth-order valence-corrected chi connectivity index (χ4v) is 3.40. The molecule has 0 bridgehead atoms. The standard InChI is InChI=1S/C19H26FN5O.ClH/c1-13-10-17(25(23-13)15-7-5-4-6-14(15)20)22-18(26)11-24-9-8-16(21)19(2,3)12-24;/h4-7,10,16H,8-9,11-12,21H2,1-3H3,(H,22,26);1H. The third kappa shape index (κ3) is 4.86.